The van der Waals surface area contributed by atoms with Gasteiger partial charge in [-0.2, -0.15) is 0 Å². The second kappa shape index (κ2) is 4.94. The second-order valence-electron chi connectivity index (χ2n) is 8.79. The largest absolute Gasteiger partial charge is 0.462 e. The van der Waals surface area contributed by atoms with E-state index in [0.29, 0.717) is 23.5 Å². The third kappa shape index (κ3) is 2.08. The van der Waals surface area contributed by atoms with Gasteiger partial charge in [0.2, 0.25) is 0 Å². The first-order chi connectivity index (χ1) is 10.8. The van der Waals surface area contributed by atoms with E-state index in [4.69, 9.17) is 4.74 Å². The van der Waals surface area contributed by atoms with Crippen LogP contribution in [0.4, 0.5) is 0 Å². The quantitative estimate of drug-likeness (QED) is 0.541. The summed E-state index contributed by atoms with van der Waals surface area (Å²) in [6, 6.07) is 0. The van der Waals surface area contributed by atoms with Crippen LogP contribution in [-0.4, -0.2) is 17.9 Å². The van der Waals surface area contributed by atoms with Crippen molar-refractivity contribution in [2.75, 3.05) is 0 Å². The molecule has 3 fully saturated rings. The molecule has 0 radical (unpaired) electrons. The number of rotatable bonds is 1. The lowest BCUT2D eigenvalue weighted by Crippen LogP contribution is -2.44. The fourth-order valence-corrected chi connectivity index (χ4v) is 6.39. The van der Waals surface area contributed by atoms with E-state index in [1.54, 1.807) is 0 Å². The average molecular weight is 316 g/mol. The van der Waals surface area contributed by atoms with Crippen LogP contribution in [0.25, 0.3) is 0 Å². The average Bonchev–Trinajstić information content (AvgIpc) is 2.94. The molecule has 0 amide bonds. The van der Waals surface area contributed by atoms with Crippen LogP contribution in [0.3, 0.4) is 0 Å². The minimum atomic E-state index is -0.163. The standard InChI is InChI=1S/C20H28O3/c1-12(21)23-14-6-8-19(2)13(10-14)11-15-16-4-5-18(22)20(16,3)9-7-17(15)19/h11,14-17H,4-10H2,1-3H3/t14-,15-,16-,17-,19-,20-/m0/s1. The highest BCUT2D eigenvalue weighted by Crippen LogP contribution is 2.65. The van der Waals surface area contributed by atoms with Crippen LogP contribution in [0.15, 0.2) is 11.6 Å². The molecule has 0 saturated heterocycles. The maximum Gasteiger partial charge on any atom is 0.302 e. The zero-order valence-electron chi connectivity index (χ0n) is 14.6. The van der Waals surface area contributed by atoms with Crippen LogP contribution >= 0.6 is 0 Å². The number of carbonyl (C=O) groups is 2. The summed E-state index contributed by atoms with van der Waals surface area (Å²) in [7, 11) is 0. The maximum absolute atomic E-state index is 12.4. The van der Waals surface area contributed by atoms with E-state index in [1.165, 1.54) is 18.9 Å². The van der Waals surface area contributed by atoms with Gasteiger partial charge in [-0.15, -0.1) is 0 Å². The van der Waals surface area contributed by atoms with E-state index < -0.39 is 0 Å². The van der Waals surface area contributed by atoms with Crippen LogP contribution in [0.5, 0.6) is 0 Å². The zero-order valence-corrected chi connectivity index (χ0v) is 14.6. The maximum atomic E-state index is 12.4. The Morgan fingerprint density at radius 1 is 1.13 bits per heavy atom. The number of esters is 1. The molecule has 0 unspecified atom stereocenters. The van der Waals surface area contributed by atoms with Crippen LogP contribution in [-0.2, 0) is 14.3 Å². The summed E-state index contributed by atoms with van der Waals surface area (Å²) in [6.45, 7) is 6.15. The fourth-order valence-electron chi connectivity index (χ4n) is 6.39. The van der Waals surface area contributed by atoms with Crippen molar-refractivity contribution in [2.24, 2.45) is 28.6 Å². The second-order valence-corrected chi connectivity index (χ2v) is 8.79. The molecule has 0 bridgehead atoms. The lowest BCUT2D eigenvalue weighted by molar-refractivity contribution is -0.148. The van der Waals surface area contributed by atoms with Gasteiger partial charge < -0.3 is 4.74 Å². The van der Waals surface area contributed by atoms with Crippen molar-refractivity contribution in [3.8, 4) is 0 Å². The van der Waals surface area contributed by atoms with Gasteiger partial charge in [-0.3, -0.25) is 9.59 Å². The van der Waals surface area contributed by atoms with Crippen molar-refractivity contribution in [1.82, 2.24) is 0 Å². The van der Waals surface area contributed by atoms with Crippen LogP contribution < -0.4 is 0 Å². The monoisotopic (exact) mass is 316 g/mol. The minimum absolute atomic E-state index is 0.0589. The molecular weight excluding hydrogens is 288 g/mol. The van der Waals surface area contributed by atoms with Gasteiger partial charge in [0, 0.05) is 25.2 Å². The van der Waals surface area contributed by atoms with Crippen molar-refractivity contribution in [1.29, 1.82) is 0 Å². The van der Waals surface area contributed by atoms with Gasteiger partial charge in [0.05, 0.1) is 0 Å². The Morgan fingerprint density at radius 2 is 1.83 bits per heavy atom. The molecule has 6 atom stereocenters. The number of ether oxygens (including phenoxy) is 1. The normalized spacial score (nSPS) is 48.3. The van der Waals surface area contributed by atoms with E-state index >= 15 is 0 Å². The Bertz CT molecular complexity index is 592. The van der Waals surface area contributed by atoms with Crippen LogP contribution in [0.2, 0.25) is 0 Å². The van der Waals surface area contributed by atoms with Crippen LogP contribution in [0, 0.1) is 28.6 Å². The summed E-state index contributed by atoms with van der Waals surface area (Å²) in [5, 5.41) is 0. The Balaban J connectivity index is 1.62. The van der Waals surface area contributed by atoms with Crippen molar-refractivity contribution in [3.05, 3.63) is 11.6 Å². The number of hydrogen-bond donors (Lipinski definition) is 0. The molecular formula is C20H28O3. The van der Waals surface area contributed by atoms with Gasteiger partial charge in [0.15, 0.2) is 0 Å². The molecule has 0 aromatic rings. The van der Waals surface area contributed by atoms with E-state index in [1.807, 2.05) is 0 Å². The predicted octanol–water partition coefficient (Wildman–Crippen LogP) is 4.06. The van der Waals surface area contributed by atoms with Crippen molar-refractivity contribution >= 4 is 11.8 Å². The first kappa shape index (κ1) is 15.4. The fraction of sp³-hybridized carbons (Fsp3) is 0.800. The third-order valence-electron chi connectivity index (χ3n) is 7.75. The molecule has 0 aliphatic heterocycles. The predicted molar refractivity (Wildman–Crippen MR) is 87.6 cm³/mol. The first-order valence-electron chi connectivity index (χ1n) is 9.26. The third-order valence-corrected chi connectivity index (χ3v) is 7.75. The molecule has 0 aromatic carbocycles. The SMILES string of the molecule is CC(=O)O[C@H]1CC[C@@]2(C)C(=C[C@@H]3[C@@H]2CC[C@]2(C)C(=O)CC[C@@H]32)C1. The van der Waals surface area contributed by atoms with Gasteiger partial charge in [-0.25, -0.2) is 0 Å². The number of ketones is 1. The molecule has 0 N–H and O–H groups in total. The smallest absolute Gasteiger partial charge is 0.302 e. The van der Waals surface area contributed by atoms with E-state index in [0.717, 1.165) is 38.5 Å². The summed E-state index contributed by atoms with van der Waals surface area (Å²) in [4.78, 5) is 23.7. The van der Waals surface area contributed by atoms with Gasteiger partial charge >= 0.3 is 5.97 Å². The van der Waals surface area contributed by atoms with Crippen molar-refractivity contribution < 1.29 is 14.3 Å². The molecule has 4 aliphatic carbocycles. The summed E-state index contributed by atoms with van der Waals surface area (Å²) < 4.78 is 5.49. The summed E-state index contributed by atoms with van der Waals surface area (Å²) in [6.07, 6.45) is 9.67. The highest BCUT2D eigenvalue weighted by Gasteiger charge is 2.59. The molecule has 4 aliphatic rings. The Kier molecular flexibility index (Phi) is 3.31. The molecule has 0 aromatic heterocycles. The molecule has 0 heterocycles. The van der Waals surface area contributed by atoms with Gasteiger partial charge in [-0.05, 0) is 55.3 Å². The molecule has 3 heteroatoms. The minimum Gasteiger partial charge on any atom is -0.462 e. The molecule has 0 spiro atoms. The highest BCUT2D eigenvalue weighted by molar-refractivity contribution is 5.87. The van der Waals surface area contributed by atoms with Crippen molar-refractivity contribution in [3.63, 3.8) is 0 Å². The first-order valence-corrected chi connectivity index (χ1v) is 9.26. The van der Waals surface area contributed by atoms with E-state index in [9.17, 15) is 9.59 Å². The number of fused-ring (bicyclic) bond motifs is 5. The highest BCUT2D eigenvalue weighted by atomic mass is 16.5. The topological polar surface area (TPSA) is 43.4 Å². The van der Waals surface area contributed by atoms with E-state index in [-0.39, 0.29) is 22.9 Å². The molecule has 4 rings (SSSR count). The Hall–Kier alpha value is -1.12. The van der Waals surface area contributed by atoms with Gasteiger partial charge in [-0.1, -0.05) is 25.5 Å². The lowest BCUT2D eigenvalue weighted by atomic mass is 9.55. The number of Topliss-reactive ketones (excluding diaryl/α,β-unsaturated/α-hetero) is 1. The number of carbonyl (C=O) groups excluding carboxylic acids is 2. The number of allylic oxidation sites excluding steroid dienone is 1. The lowest BCUT2D eigenvalue weighted by Gasteiger charge is -2.49. The van der Waals surface area contributed by atoms with Gasteiger partial charge in [0.1, 0.15) is 11.9 Å². The van der Waals surface area contributed by atoms with Crippen LogP contribution in [0.1, 0.15) is 65.7 Å². The Labute approximate surface area is 138 Å². The molecule has 126 valence electrons. The van der Waals surface area contributed by atoms with E-state index in [2.05, 4.69) is 19.9 Å². The van der Waals surface area contributed by atoms with Crippen molar-refractivity contribution in [2.45, 2.75) is 71.8 Å². The summed E-state index contributed by atoms with van der Waals surface area (Å²) in [5.41, 5.74) is 1.71. The number of hydrogen-bond acceptors (Lipinski definition) is 3. The Morgan fingerprint density at radius 3 is 2.57 bits per heavy atom. The summed E-state index contributed by atoms with van der Waals surface area (Å²) >= 11 is 0. The molecule has 23 heavy (non-hydrogen) atoms. The zero-order chi connectivity index (χ0) is 16.4. The molecule has 3 saturated carbocycles. The molecule has 3 nitrogen and oxygen atoms in total. The van der Waals surface area contributed by atoms with Gasteiger partial charge in [0.25, 0.3) is 0 Å². The summed E-state index contributed by atoms with van der Waals surface area (Å²) in [5.74, 6) is 2.13.